The Labute approximate surface area is 165 Å². The molecule has 0 aliphatic carbocycles. The van der Waals surface area contributed by atoms with Crippen LogP contribution in [0.2, 0.25) is 5.02 Å². The fraction of sp³-hybridized carbons (Fsp3) is 0.364. The number of carbonyl (C=O) groups excluding carboxylic acids is 2. The zero-order valence-corrected chi connectivity index (χ0v) is 16.7. The largest absolute Gasteiger partial charge is 0.455 e. The van der Waals surface area contributed by atoms with Gasteiger partial charge in [-0.1, -0.05) is 74.8 Å². The molecular formula is C22H26ClNO3. The molecule has 0 aliphatic rings. The molecule has 2 rings (SSSR count). The van der Waals surface area contributed by atoms with E-state index < -0.39 is 11.9 Å². The number of halogens is 1. The van der Waals surface area contributed by atoms with Crippen LogP contribution in [0, 0.1) is 5.92 Å². The molecule has 2 atom stereocenters. The molecule has 0 saturated carbocycles. The summed E-state index contributed by atoms with van der Waals surface area (Å²) in [5, 5.41) is 3.43. The number of carbonyl (C=O) groups is 2. The zero-order chi connectivity index (χ0) is 19.8. The number of rotatable bonds is 8. The first kappa shape index (κ1) is 21.0. The Morgan fingerprint density at radius 3 is 2.19 bits per heavy atom. The second kappa shape index (κ2) is 10.1. The van der Waals surface area contributed by atoms with Crippen LogP contribution in [0.4, 0.5) is 0 Å². The van der Waals surface area contributed by atoms with E-state index in [1.54, 1.807) is 12.1 Å². The lowest BCUT2D eigenvalue weighted by Gasteiger charge is -2.20. The quantitative estimate of drug-likeness (QED) is 0.676. The molecule has 0 bridgehead atoms. The summed E-state index contributed by atoms with van der Waals surface area (Å²) in [6, 6.07) is 17.1. The van der Waals surface area contributed by atoms with E-state index in [9.17, 15) is 9.59 Å². The summed E-state index contributed by atoms with van der Waals surface area (Å²) in [4.78, 5) is 24.6. The van der Waals surface area contributed by atoms with Gasteiger partial charge in [0.05, 0.1) is 5.92 Å². The Morgan fingerprint density at radius 1 is 0.963 bits per heavy atom. The molecule has 0 aromatic heterocycles. The summed E-state index contributed by atoms with van der Waals surface area (Å²) in [5.41, 5.74) is 1.98. The summed E-state index contributed by atoms with van der Waals surface area (Å²) >= 11 is 5.91. The van der Waals surface area contributed by atoms with Gasteiger partial charge in [-0.15, -0.1) is 0 Å². The molecular weight excluding hydrogens is 362 g/mol. The van der Waals surface area contributed by atoms with Gasteiger partial charge in [-0.2, -0.15) is 0 Å². The van der Waals surface area contributed by atoms with Crippen molar-refractivity contribution in [3.05, 3.63) is 70.7 Å². The third-order valence-corrected chi connectivity index (χ3v) is 4.72. The van der Waals surface area contributed by atoms with Crippen molar-refractivity contribution in [2.45, 2.75) is 32.6 Å². The van der Waals surface area contributed by atoms with Crippen LogP contribution < -0.4 is 5.32 Å². The molecule has 0 unspecified atom stereocenters. The fourth-order valence-corrected chi connectivity index (χ4v) is 3.03. The number of benzene rings is 2. The van der Waals surface area contributed by atoms with Crippen molar-refractivity contribution in [2.75, 3.05) is 13.2 Å². The summed E-state index contributed by atoms with van der Waals surface area (Å²) < 4.78 is 5.27. The van der Waals surface area contributed by atoms with Crippen LogP contribution in [0.1, 0.15) is 43.7 Å². The topological polar surface area (TPSA) is 55.4 Å². The van der Waals surface area contributed by atoms with E-state index in [4.69, 9.17) is 16.3 Å². The van der Waals surface area contributed by atoms with E-state index in [1.807, 2.05) is 63.2 Å². The SMILES string of the molecule is CC(C)[C@H](C(=O)OCC(=O)NC[C@@H](C)c1ccccc1)c1ccc(Cl)cc1. The van der Waals surface area contributed by atoms with Gasteiger partial charge in [0.1, 0.15) is 0 Å². The first-order chi connectivity index (χ1) is 12.9. The van der Waals surface area contributed by atoms with Gasteiger partial charge in [0.2, 0.25) is 0 Å². The van der Waals surface area contributed by atoms with E-state index in [2.05, 4.69) is 5.32 Å². The summed E-state index contributed by atoms with van der Waals surface area (Å²) in [7, 11) is 0. The van der Waals surface area contributed by atoms with Crippen LogP contribution >= 0.6 is 11.6 Å². The monoisotopic (exact) mass is 387 g/mol. The minimum absolute atomic E-state index is 0.0415. The van der Waals surface area contributed by atoms with Gasteiger partial charge in [0.25, 0.3) is 5.91 Å². The van der Waals surface area contributed by atoms with Gasteiger partial charge < -0.3 is 10.1 Å². The first-order valence-electron chi connectivity index (χ1n) is 9.12. The minimum Gasteiger partial charge on any atom is -0.455 e. The second-order valence-electron chi connectivity index (χ2n) is 7.00. The highest BCUT2D eigenvalue weighted by Crippen LogP contribution is 2.27. The first-order valence-corrected chi connectivity index (χ1v) is 9.50. The molecule has 1 amide bonds. The Morgan fingerprint density at radius 2 is 1.59 bits per heavy atom. The van der Waals surface area contributed by atoms with Crippen LogP contribution in [0.5, 0.6) is 0 Å². The number of esters is 1. The Kier molecular flexibility index (Phi) is 7.86. The molecule has 144 valence electrons. The van der Waals surface area contributed by atoms with Gasteiger partial charge in [0, 0.05) is 11.6 Å². The highest BCUT2D eigenvalue weighted by atomic mass is 35.5. The molecule has 0 saturated heterocycles. The Balaban J connectivity index is 1.85. The number of amides is 1. The second-order valence-corrected chi connectivity index (χ2v) is 7.43. The molecule has 0 heterocycles. The fourth-order valence-electron chi connectivity index (χ4n) is 2.91. The molecule has 27 heavy (non-hydrogen) atoms. The number of ether oxygens (including phenoxy) is 1. The predicted octanol–water partition coefficient (Wildman–Crippen LogP) is 4.54. The lowest BCUT2D eigenvalue weighted by molar-refractivity contribution is -0.151. The van der Waals surface area contributed by atoms with Gasteiger partial charge in [-0.05, 0) is 35.1 Å². The van der Waals surface area contributed by atoms with Crippen molar-refractivity contribution >= 4 is 23.5 Å². The van der Waals surface area contributed by atoms with E-state index in [1.165, 1.54) is 0 Å². The van der Waals surface area contributed by atoms with Crippen LogP contribution in [0.15, 0.2) is 54.6 Å². The van der Waals surface area contributed by atoms with E-state index in [0.29, 0.717) is 11.6 Å². The molecule has 0 radical (unpaired) electrons. The Bertz CT molecular complexity index is 744. The van der Waals surface area contributed by atoms with Gasteiger partial charge in [-0.25, -0.2) is 0 Å². The maximum atomic E-state index is 12.5. The van der Waals surface area contributed by atoms with Crippen molar-refractivity contribution in [2.24, 2.45) is 5.92 Å². The molecule has 2 aromatic rings. The normalized spacial score (nSPS) is 13.1. The predicted molar refractivity (Wildman–Crippen MR) is 108 cm³/mol. The van der Waals surface area contributed by atoms with Crippen molar-refractivity contribution in [1.82, 2.24) is 5.32 Å². The number of hydrogen-bond donors (Lipinski definition) is 1. The van der Waals surface area contributed by atoms with Gasteiger partial charge in [-0.3, -0.25) is 9.59 Å². The third-order valence-electron chi connectivity index (χ3n) is 4.47. The molecule has 0 aliphatic heterocycles. The Hall–Kier alpha value is -2.33. The zero-order valence-electron chi connectivity index (χ0n) is 15.9. The highest BCUT2D eigenvalue weighted by Gasteiger charge is 2.26. The molecule has 4 nitrogen and oxygen atoms in total. The molecule has 5 heteroatoms. The minimum atomic E-state index is -0.432. The van der Waals surface area contributed by atoms with Crippen LogP contribution in [0.25, 0.3) is 0 Å². The van der Waals surface area contributed by atoms with E-state index in [0.717, 1.165) is 11.1 Å². The maximum absolute atomic E-state index is 12.5. The van der Waals surface area contributed by atoms with Crippen molar-refractivity contribution < 1.29 is 14.3 Å². The summed E-state index contributed by atoms with van der Waals surface area (Å²) in [6.07, 6.45) is 0. The maximum Gasteiger partial charge on any atom is 0.314 e. The third kappa shape index (κ3) is 6.40. The lowest BCUT2D eigenvalue weighted by atomic mass is 9.88. The van der Waals surface area contributed by atoms with Crippen LogP contribution in [-0.2, 0) is 14.3 Å². The molecule has 0 spiro atoms. The summed E-state index contributed by atoms with van der Waals surface area (Å²) in [6.45, 7) is 6.14. The molecule has 1 N–H and O–H groups in total. The molecule has 2 aromatic carbocycles. The smallest absolute Gasteiger partial charge is 0.314 e. The van der Waals surface area contributed by atoms with E-state index in [-0.39, 0.29) is 24.3 Å². The number of hydrogen-bond acceptors (Lipinski definition) is 3. The number of nitrogens with one attached hydrogen (secondary N) is 1. The average molecular weight is 388 g/mol. The van der Waals surface area contributed by atoms with Crippen LogP contribution in [-0.4, -0.2) is 25.0 Å². The van der Waals surface area contributed by atoms with Crippen molar-refractivity contribution in [3.8, 4) is 0 Å². The standard InChI is InChI=1S/C22H26ClNO3/c1-15(2)21(18-9-11-19(23)12-10-18)22(26)27-14-20(25)24-13-16(3)17-7-5-4-6-8-17/h4-12,15-16,21H,13-14H2,1-3H3,(H,24,25)/t16-,21+/m1/s1. The van der Waals surface area contributed by atoms with Crippen LogP contribution in [0.3, 0.4) is 0 Å². The molecule has 0 fully saturated rings. The van der Waals surface area contributed by atoms with Gasteiger partial charge in [0.15, 0.2) is 6.61 Å². The van der Waals surface area contributed by atoms with Gasteiger partial charge >= 0.3 is 5.97 Å². The summed E-state index contributed by atoms with van der Waals surface area (Å²) in [5.74, 6) is -0.912. The lowest BCUT2D eigenvalue weighted by Crippen LogP contribution is -2.33. The highest BCUT2D eigenvalue weighted by molar-refractivity contribution is 6.30. The average Bonchev–Trinajstić information content (AvgIpc) is 2.66. The van der Waals surface area contributed by atoms with Crippen molar-refractivity contribution in [1.29, 1.82) is 0 Å². The van der Waals surface area contributed by atoms with Crippen molar-refractivity contribution in [3.63, 3.8) is 0 Å². The van der Waals surface area contributed by atoms with E-state index >= 15 is 0 Å².